The lowest BCUT2D eigenvalue weighted by Crippen LogP contribution is -2.42. The third-order valence-electron chi connectivity index (χ3n) is 3.96. The van der Waals surface area contributed by atoms with Crippen LogP contribution in [-0.4, -0.2) is 39.0 Å². The van der Waals surface area contributed by atoms with Crippen LogP contribution in [0.25, 0.3) is 0 Å². The first-order valence-electron chi connectivity index (χ1n) is 6.87. The van der Waals surface area contributed by atoms with E-state index in [9.17, 15) is 0 Å². The van der Waals surface area contributed by atoms with Crippen molar-refractivity contribution in [3.63, 3.8) is 0 Å². The first kappa shape index (κ1) is 14.9. The number of rotatable bonds is 7. The lowest BCUT2D eigenvalue weighted by molar-refractivity contribution is -0.0385. The molecule has 1 aliphatic heterocycles. The minimum atomic E-state index is -0.0172. The van der Waals surface area contributed by atoms with Gasteiger partial charge in [0.15, 0.2) is 0 Å². The summed E-state index contributed by atoms with van der Waals surface area (Å²) in [7, 11) is 1.80. The standard InChI is InChI=1S/C14H29NO2/c1-5-15-11-14(7-6-10-17-12-14)9-8-13(2,3)16-4/h15H,5-12H2,1-4H3. The molecule has 0 bridgehead atoms. The Morgan fingerprint density at radius 2 is 2.18 bits per heavy atom. The van der Waals surface area contributed by atoms with E-state index in [0.29, 0.717) is 5.41 Å². The van der Waals surface area contributed by atoms with Crippen LogP contribution in [0.4, 0.5) is 0 Å². The van der Waals surface area contributed by atoms with Gasteiger partial charge in [0.05, 0.1) is 12.2 Å². The summed E-state index contributed by atoms with van der Waals surface area (Å²) in [5, 5.41) is 3.49. The highest BCUT2D eigenvalue weighted by Crippen LogP contribution is 2.35. The minimum Gasteiger partial charge on any atom is -0.381 e. The maximum Gasteiger partial charge on any atom is 0.0623 e. The lowest BCUT2D eigenvalue weighted by Gasteiger charge is -2.39. The Hall–Kier alpha value is -0.120. The Balaban J connectivity index is 2.50. The molecule has 0 aromatic rings. The van der Waals surface area contributed by atoms with Crippen molar-refractivity contribution in [2.24, 2.45) is 5.41 Å². The van der Waals surface area contributed by atoms with Crippen LogP contribution in [0, 0.1) is 5.41 Å². The summed E-state index contributed by atoms with van der Waals surface area (Å²) in [4.78, 5) is 0. The molecule has 1 unspecified atom stereocenters. The van der Waals surface area contributed by atoms with Gasteiger partial charge in [-0.3, -0.25) is 0 Å². The third-order valence-corrected chi connectivity index (χ3v) is 3.96. The molecule has 1 fully saturated rings. The van der Waals surface area contributed by atoms with Gasteiger partial charge in [-0.05, 0) is 46.1 Å². The van der Waals surface area contributed by atoms with Gasteiger partial charge in [-0.2, -0.15) is 0 Å². The topological polar surface area (TPSA) is 30.5 Å². The SMILES string of the molecule is CCNCC1(CCC(C)(C)OC)CCCOC1. The van der Waals surface area contributed by atoms with Gasteiger partial charge in [-0.15, -0.1) is 0 Å². The third kappa shape index (κ3) is 4.94. The molecule has 102 valence electrons. The largest absolute Gasteiger partial charge is 0.381 e. The van der Waals surface area contributed by atoms with Crippen molar-refractivity contribution in [2.75, 3.05) is 33.4 Å². The highest BCUT2D eigenvalue weighted by molar-refractivity contribution is 4.86. The predicted octanol–water partition coefficient (Wildman–Crippen LogP) is 2.60. The number of methoxy groups -OCH3 is 1. The van der Waals surface area contributed by atoms with Crippen molar-refractivity contribution in [3.8, 4) is 0 Å². The summed E-state index contributed by atoms with van der Waals surface area (Å²) >= 11 is 0. The second kappa shape index (κ2) is 6.72. The smallest absolute Gasteiger partial charge is 0.0623 e. The molecule has 1 heterocycles. The maximum absolute atomic E-state index is 5.70. The van der Waals surface area contributed by atoms with Gasteiger partial charge < -0.3 is 14.8 Å². The zero-order valence-electron chi connectivity index (χ0n) is 12.0. The molecule has 0 aliphatic carbocycles. The highest BCUT2D eigenvalue weighted by Gasteiger charge is 2.34. The molecule has 1 atom stereocenters. The molecule has 1 saturated heterocycles. The van der Waals surface area contributed by atoms with E-state index in [1.54, 1.807) is 7.11 Å². The van der Waals surface area contributed by atoms with E-state index < -0.39 is 0 Å². The van der Waals surface area contributed by atoms with Crippen LogP contribution in [0.1, 0.15) is 46.5 Å². The molecule has 1 aliphatic rings. The van der Waals surface area contributed by atoms with E-state index in [-0.39, 0.29) is 5.60 Å². The summed E-state index contributed by atoms with van der Waals surface area (Å²) in [5.41, 5.74) is 0.306. The molecule has 0 radical (unpaired) electrons. The summed E-state index contributed by atoms with van der Waals surface area (Å²) in [5.74, 6) is 0. The molecular formula is C14H29NO2. The van der Waals surface area contributed by atoms with Gasteiger partial charge in [0.1, 0.15) is 0 Å². The van der Waals surface area contributed by atoms with E-state index in [1.165, 1.54) is 19.3 Å². The van der Waals surface area contributed by atoms with Crippen LogP contribution in [-0.2, 0) is 9.47 Å². The number of ether oxygens (including phenoxy) is 2. The van der Waals surface area contributed by atoms with Crippen molar-refractivity contribution in [1.29, 1.82) is 0 Å². The molecule has 0 spiro atoms. The van der Waals surface area contributed by atoms with Crippen molar-refractivity contribution >= 4 is 0 Å². The second-order valence-electron chi connectivity index (χ2n) is 5.90. The van der Waals surface area contributed by atoms with Crippen LogP contribution < -0.4 is 5.32 Å². The van der Waals surface area contributed by atoms with Gasteiger partial charge in [-0.1, -0.05) is 6.92 Å². The van der Waals surface area contributed by atoms with Gasteiger partial charge in [-0.25, -0.2) is 0 Å². The molecule has 1 rings (SSSR count). The van der Waals surface area contributed by atoms with Crippen LogP contribution >= 0.6 is 0 Å². The number of nitrogens with one attached hydrogen (secondary N) is 1. The van der Waals surface area contributed by atoms with Crippen molar-refractivity contribution in [3.05, 3.63) is 0 Å². The van der Waals surface area contributed by atoms with Crippen LogP contribution in [0.2, 0.25) is 0 Å². The number of hydrogen-bond donors (Lipinski definition) is 1. The Morgan fingerprint density at radius 3 is 2.71 bits per heavy atom. The Bertz CT molecular complexity index is 210. The minimum absolute atomic E-state index is 0.0172. The monoisotopic (exact) mass is 243 g/mol. The zero-order chi connectivity index (χ0) is 12.8. The normalized spacial score (nSPS) is 26.1. The van der Waals surface area contributed by atoms with Crippen LogP contribution in [0.3, 0.4) is 0 Å². The van der Waals surface area contributed by atoms with E-state index in [1.807, 2.05) is 0 Å². The van der Waals surface area contributed by atoms with Gasteiger partial charge in [0.25, 0.3) is 0 Å². The van der Waals surface area contributed by atoms with E-state index in [4.69, 9.17) is 9.47 Å². The summed E-state index contributed by atoms with van der Waals surface area (Å²) in [6.07, 6.45) is 4.75. The molecule has 3 nitrogen and oxygen atoms in total. The molecule has 0 saturated carbocycles. The van der Waals surface area contributed by atoms with Gasteiger partial charge >= 0.3 is 0 Å². The molecular weight excluding hydrogens is 214 g/mol. The van der Waals surface area contributed by atoms with Gasteiger partial charge in [0, 0.05) is 25.7 Å². The first-order chi connectivity index (χ1) is 8.04. The van der Waals surface area contributed by atoms with Gasteiger partial charge in [0.2, 0.25) is 0 Å². The summed E-state index contributed by atoms with van der Waals surface area (Å²) in [6, 6.07) is 0. The van der Waals surface area contributed by atoms with Crippen LogP contribution in [0.15, 0.2) is 0 Å². The lowest BCUT2D eigenvalue weighted by atomic mass is 9.76. The highest BCUT2D eigenvalue weighted by atomic mass is 16.5. The van der Waals surface area contributed by atoms with Crippen molar-refractivity contribution in [1.82, 2.24) is 5.32 Å². The molecule has 1 N–H and O–H groups in total. The second-order valence-corrected chi connectivity index (χ2v) is 5.90. The number of hydrogen-bond acceptors (Lipinski definition) is 3. The van der Waals surface area contributed by atoms with E-state index in [0.717, 1.165) is 32.7 Å². The fraction of sp³-hybridized carbons (Fsp3) is 1.00. The molecule has 3 heteroatoms. The van der Waals surface area contributed by atoms with E-state index >= 15 is 0 Å². The molecule has 17 heavy (non-hydrogen) atoms. The fourth-order valence-electron chi connectivity index (χ4n) is 2.39. The summed E-state index contributed by atoms with van der Waals surface area (Å²) < 4.78 is 11.2. The summed E-state index contributed by atoms with van der Waals surface area (Å²) in [6.45, 7) is 10.4. The Morgan fingerprint density at radius 1 is 1.41 bits per heavy atom. The molecule has 0 aromatic carbocycles. The van der Waals surface area contributed by atoms with E-state index in [2.05, 4.69) is 26.1 Å². The molecule has 0 aromatic heterocycles. The maximum atomic E-state index is 5.70. The quantitative estimate of drug-likeness (QED) is 0.745. The fourth-order valence-corrected chi connectivity index (χ4v) is 2.39. The Kier molecular flexibility index (Phi) is 5.90. The molecule has 0 amide bonds. The van der Waals surface area contributed by atoms with Crippen molar-refractivity contribution < 1.29 is 9.47 Å². The first-order valence-corrected chi connectivity index (χ1v) is 6.87. The zero-order valence-corrected chi connectivity index (χ0v) is 12.0. The average Bonchev–Trinajstić information content (AvgIpc) is 2.36. The predicted molar refractivity (Wildman–Crippen MR) is 71.4 cm³/mol. The Labute approximate surface area is 106 Å². The van der Waals surface area contributed by atoms with Crippen LogP contribution in [0.5, 0.6) is 0 Å². The van der Waals surface area contributed by atoms with Crippen molar-refractivity contribution in [2.45, 2.75) is 52.1 Å². The average molecular weight is 243 g/mol.